The number of hydrogen-bond donors (Lipinski definition) is 1. The van der Waals surface area contributed by atoms with Crippen LogP contribution in [0.2, 0.25) is 0 Å². The van der Waals surface area contributed by atoms with Gasteiger partial charge >= 0.3 is 0 Å². The summed E-state index contributed by atoms with van der Waals surface area (Å²) in [4.78, 5) is 2.53. The molecule has 1 aromatic heterocycles. The van der Waals surface area contributed by atoms with E-state index in [-0.39, 0.29) is 5.54 Å². The molecule has 1 aromatic rings. The van der Waals surface area contributed by atoms with Crippen molar-refractivity contribution in [1.29, 1.82) is 0 Å². The molecule has 0 aromatic carbocycles. The highest BCUT2D eigenvalue weighted by atomic mass is 15.3. The second kappa shape index (κ2) is 4.97. The molecule has 0 aliphatic carbocycles. The standard InChI is InChI=1S/C12H22N4/c1-12(2)11-15(7-3-5-13-12)9-10-16-8-4-6-14-16/h4,6,8,13H,3,5,7,9-11H2,1-2H3. The van der Waals surface area contributed by atoms with E-state index in [9.17, 15) is 0 Å². The number of rotatable bonds is 3. The van der Waals surface area contributed by atoms with Crippen molar-refractivity contribution in [2.24, 2.45) is 0 Å². The van der Waals surface area contributed by atoms with Crippen LogP contribution in [0.15, 0.2) is 18.5 Å². The normalized spacial score (nSPS) is 21.9. The molecule has 90 valence electrons. The van der Waals surface area contributed by atoms with E-state index in [0.29, 0.717) is 0 Å². The molecule has 1 aliphatic heterocycles. The SMILES string of the molecule is CC1(C)CN(CCn2cccn2)CCCN1. The van der Waals surface area contributed by atoms with Crippen molar-refractivity contribution in [2.45, 2.75) is 32.4 Å². The Kier molecular flexibility index (Phi) is 3.61. The summed E-state index contributed by atoms with van der Waals surface area (Å²) in [5.41, 5.74) is 0.237. The molecule has 0 saturated carbocycles. The van der Waals surface area contributed by atoms with Crippen molar-refractivity contribution in [1.82, 2.24) is 20.0 Å². The Balaban J connectivity index is 1.84. The van der Waals surface area contributed by atoms with Gasteiger partial charge in [-0.15, -0.1) is 0 Å². The quantitative estimate of drug-likeness (QED) is 0.827. The second-order valence-electron chi connectivity index (χ2n) is 5.21. The molecule has 0 unspecified atom stereocenters. The summed E-state index contributed by atoms with van der Waals surface area (Å²) in [6.45, 7) is 10.1. The first kappa shape index (κ1) is 11.6. The fraction of sp³-hybridized carbons (Fsp3) is 0.750. The molecule has 0 radical (unpaired) electrons. The molecule has 0 atom stereocenters. The molecule has 1 fully saturated rings. The molecule has 4 heteroatoms. The van der Waals surface area contributed by atoms with E-state index >= 15 is 0 Å². The van der Waals surface area contributed by atoms with Crippen LogP contribution in [0.4, 0.5) is 0 Å². The maximum Gasteiger partial charge on any atom is 0.0536 e. The van der Waals surface area contributed by atoms with Gasteiger partial charge in [-0.2, -0.15) is 5.10 Å². The third-order valence-corrected chi connectivity index (χ3v) is 3.08. The molecule has 0 bridgehead atoms. The van der Waals surface area contributed by atoms with E-state index in [4.69, 9.17) is 0 Å². The minimum Gasteiger partial charge on any atom is -0.310 e. The van der Waals surface area contributed by atoms with Crippen LogP contribution in [0.3, 0.4) is 0 Å². The van der Waals surface area contributed by atoms with Crippen molar-refractivity contribution in [3.63, 3.8) is 0 Å². The fourth-order valence-corrected chi connectivity index (χ4v) is 2.29. The van der Waals surface area contributed by atoms with E-state index in [1.54, 1.807) is 0 Å². The number of hydrogen-bond acceptors (Lipinski definition) is 3. The molecule has 2 rings (SSSR count). The molecule has 16 heavy (non-hydrogen) atoms. The Morgan fingerprint density at radius 1 is 1.38 bits per heavy atom. The summed E-state index contributed by atoms with van der Waals surface area (Å²) in [6, 6.07) is 1.98. The minimum atomic E-state index is 0.237. The predicted octanol–water partition coefficient (Wildman–Crippen LogP) is 0.957. The highest BCUT2D eigenvalue weighted by molar-refractivity contribution is 4.85. The van der Waals surface area contributed by atoms with Gasteiger partial charge in [0, 0.05) is 31.0 Å². The van der Waals surface area contributed by atoms with E-state index in [1.807, 2.05) is 23.1 Å². The highest BCUT2D eigenvalue weighted by Crippen LogP contribution is 2.10. The summed E-state index contributed by atoms with van der Waals surface area (Å²) in [5, 5.41) is 7.81. The van der Waals surface area contributed by atoms with Crippen LogP contribution >= 0.6 is 0 Å². The topological polar surface area (TPSA) is 33.1 Å². The van der Waals surface area contributed by atoms with Gasteiger partial charge in [-0.25, -0.2) is 0 Å². The summed E-state index contributed by atoms with van der Waals surface area (Å²) < 4.78 is 2.01. The molecular formula is C12H22N4. The van der Waals surface area contributed by atoms with Gasteiger partial charge < -0.3 is 5.32 Å². The van der Waals surface area contributed by atoms with Crippen LogP contribution in [0.5, 0.6) is 0 Å². The Hall–Kier alpha value is -0.870. The Morgan fingerprint density at radius 3 is 3.00 bits per heavy atom. The zero-order valence-electron chi connectivity index (χ0n) is 10.3. The van der Waals surface area contributed by atoms with Crippen LogP contribution in [0.25, 0.3) is 0 Å². The van der Waals surface area contributed by atoms with Crippen LogP contribution < -0.4 is 5.32 Å². The average molecular weight is 222 g/mol. The Bertz CT molecular complexity index is 305. The van der Waals surface area contributed by atoms with Crippen molar-refractivity contribution in [3.05, 3.63) is 18.5 Å². The van der Waals surface area contributed by atoms with Crippen LogP contribution in [0.1, 0.15) is 20.3 Å². The molecular weight excluding hydrogens is 200 g/mol. The predicted molar refractivity (Wildman–Crippen MR) is 65.4 cm³/mol. The van der Waals surface area contributed by atoms with Gasteiger partial charge in [0.2, 0.25) is 0 Å². The van der Waals surface area contributed by atoms with Crippen LogP contribution in [-0.2, 0) is 6.54 Å². The van der Waals surface area contributed by atoms with Gasteiger partial charge in [0.05, 0.1) is 6.54 Å². The minimum absolute atomic E-state index is 0.237. The Morgan fingerprint density at radius 2 is 2.25 bits per heavy atom. The van der Waals surface area contributed by atoms with Crippen molar-refractivity contribution in [3.8, 4) is 0 Å². The summed E-state index contributed by atoms with van der Waals surface area (Å²) in [5.74, 6) is 0. The zero-order valence-corrected chi connectivity index (χ0v) is 10.3. The lowest BCUT2D eigenvalue weighted by atomic mass is 10.1. The number of aromatic nitrogens is 2. The second-order valence-corrected chi connectivity index (χ2v) is 5.21. The molecule has 1 saturated heterocycles. The lowest BCUT2D eigenvalue weighted by Gasteiger charge is -2.29. The van der Waals surface area contributed by atoms with Crippen molar-refractivity contribution in [2.75, 3.05) is 26.2 Å². The van der Waals surface area contributed by atoms with Gasteiger partial charge in [-0.05, 0) is 39.4 Å². The van der Waals surface area contributed by atoms with Gasteiger partial charge in [-0.1, -0.05) is 0 Å². The van der Waals surface area contributed by atoms with Crippen molar-refractivity contribution < 1.29 is 0 Å². The summed E-state index contributed by atoms with van der Waals surface area (Å²) in [7, 11) is 0. The molecule has 0 spiro atoms. The molecule has 0 amide bonds. The highest BCUT2D eigenvalue weighted by Gasteiger charge is 2.23. The molecule has 1 N–H and O–H groups in total. The first-order chi connectivity index (χ1) is 7.66. The van der Waals surface area contributed by atoms with Gasteiger partial charge in [0.15, 0.2) is 0 Å². The maximum atomic E-state index is 4.23. The fourth-order valence-electron chi connectivity index (χ4n) is 2.29. The maximum absolute atomic E-state index is 4.23. The number of nitrogens with zero attached hydrogens (tertiary/aromatic N) is 3. The molecule has 4 nitrogen and oxygen atoms in total. The summed E-state index contributed by atoms with van der Waals surface area (Å²) >= 11 is 0. The Labute approximate surface area is 97.6 Å². The molecule has 1 aliphatic rings. The lowest BCUT2D eigenvalue weighted by Crippen LogP contribution is -2.46. The van der Waals surface area contributed by atoms with E-state index in [2.05, 4.69) is 29.2 Å². The van der Waals surface area contributed by atoms with Gasteiger partial charge in [0.1, 0.15) is 0 Å². The third-order valence-electron chi connectivity index (χ3n) is 3.08. The summed E-state index contributed by atoms with van der Waals surface area (Å²) in [6.07, 6.45) is 5.11. The van der Waals surface area contributed by atoms with E-state index in [1.165, 1.54) is 13.0 Å². The van der Waals surface area contributed by atoms with Gasteiger partial charge in [0.25, 0.3) is 0 Å². The van der Waals surface area contributed by atoms with Gasteiger partial charge in [-0.3, -0.25) is 9.58 Å². The first-order valence-corrected chi connectivity index (χ1v) is 6.11. The third kappa shape index (κ3) is 3.32. The van der Waals surface area contributed by atoms with Crippen LogP contribution in [-0.4, -0.2) is 46.4 Å². The zero-order chi connectivity index (χ0) is 11.4. The number of nitrogens with one attached hydrogen (secondary N) is 1. The largest absolute Gasteiger partial charge is 0.310 e. The van der Waals surface area contributed by atoms with E-state index < -0.39 is 0 Å². The monoisotopic (exact) mass is 222 g/mol. The van der Waals surface area contributed by atoms with Crippen LogP contribution in [0, 0.1) is 0 Å². The molecule has 2 heterocycles. The first-order valence-electron chi connectivity index (χ1n) is 6.11. The van der Waals surface area contributed by atoms with E-state index in [0.717, 1.165) is 26.2 Å². The lowest BCUT2D eigenvalue weighted by molar-refractivity contribution is 0.221. The average Bonchev–Trinajstić information content (AvgIpc) is 2.67. The smallest absolute Gasteiger partial charge is 0.0536 e. The van der Waals surface area contributed by atoms with Crippen molar-refractivity contribution >= 4 is 0 Å².